The van der Waals surface area contributed by atoms with Crippen molar-refractivity contribution in [3.05, 3.63) is 51.3 Å². The highest BCUT2D eigenvalue weighted by Crippen LogP contribution is 2.36. The van der Waals surface area contributed by atoms with E-state index in [1.165, 1.54) is 11.8 Å². The number of hydrogen-bond acceptors (Lipinski definition) is 6. The summed E-state index contributed by atoms with van der Waals surface area (Å²) in [6.07, 6.45) is 0.799. The van der Waals surface area contributed by atoms with E-state index in [0.29, 0.717) is 16.3 Å². The summed E-state index contributed by atoms with van der Waals surface area (Å²) in [7, 11) is 0. The number of aromatic amines is 1. The maximum absolute atomic E-state index is 12.1. The molecular formula is C13H10N2O4S. The number of benzene rings is 1. The number of fused-ring (bicyclic) bond motifs is 1. The van der Waals surface area contributed by atoms with Gasteiger partial charge in [0.15, 0.2) is 11.3 Å². The summed E-state index contributed by atoms with van der Waals surface area (Å²) in [5, 5.41) is 10.2. The number of cyclic esters (lactones) is 1. The minimum atomic E-state index is -0.925. The van der Waals surface area contributed by atoms with E-state index in [0.717, 1.165) is 0 Å². The fourth-order valence-electron chi connectivity index (χ4n) is 2.14. The molecule has 0 saturated carbocycles. The second kappa shape index (κ2) is 4.68. The number of carbonyl (C=O) groups excluding carboxylic acids is 1. The van der Waals surface area contributed by atoms with Crippen LogP contribution in [0.4, 0.5) is 0 Å². The second-order valence-corrected chi connectivity index (χ2v) is 4.98. The third kappa shape index (κ3) is 1.87. The molecule has 0 amide bonds. The van der Waals surface area contributed by atoms with Gasteiger partial charge in [-0.05, 0) is 12.3 Å². The highest BCUT2D eigenvalue weighted by Gasteiger charge is 2.35. The smallest absolute Gasteiger partial charge is 0.339 e. The SMILES string of the molecule is CSc1nc(O)c([C@@H]2OC(=O)c3ccccc32)c(=O)[nH]1. The van der Waals surface area contributed by atoms with Crippen molar-refractivity contribution >= 4 is 17.7 Å². The summed E-state index contributed by atoms with van der Waals surface area (Å²) in [5.74, 6) is -0.939. The molecule has 1 aromatic carbocycles. The Bertz CT molecular complexity index is 756. The molecule has 2 heterocycles. The molecule has 0 unspecified atom stereocenters. The summed E-state index contributed by atoms with van der Waals surface area (Å²) < 4.78 is 5.19. The molecule has 1 aliphatic heterocycles. The van der Waals surface area contributed by atoms with Crippen LogP contribution in [-0.2, 0) is 4.74 Å². The lowest BCUT2D eigenvalue weighted by molar-refractivity contribution is 0.0449. The standard InChI is InChI=1S/C13H10N2O4S/c1-20-13-14-10(16)8(11(17)15-13)9-6-4-2-3-5-7(6)12(18)19-9/h2-5,9H,1H3,(H2,14,15,16,17)/t9-/m1/s1. The molecule has 1 aliphatic rings. The molecule has 6 nitrogen and oxygen atoms in total. The van der Waals surface area contributed by atoms with Gasteiger partial charge in [-0.3, -0.25) is 4.79 Å². The first-order valence-corrected chi connectivity index (χ1v) is 7.01. The van der Waals surface area contributed by atoms with Crippen LogP contribution in [0.5, 0.6) is 5.88 Å². The van der Waals surface area contributed by atoms with Crippen LogP contribution in [0.1, 0.15) is 27.6 Å². The zero-order valence-electron chi connectivity index (χ0n) is 10.4. The summed E-state index contributed by atoms with van der Waals surface area (Å²) in [5.41, 5.74) is 0.375. The zero-order chi connectivity index (χ0) is 14.3. The number of nitrogens with one attached hydrogen (secondary N) is 1. The number of aromatic nitrogens is 2. The van der Waals surface area contributed by atoms with Crippen molar-refractivity contribution in [2.75, 3.05) is 6.26 Å². The van der Waals surface area contributed by atoms with E-state index < -0.39 is 23.5 Å². The maximum Gasteiger partial charge on any atom is 0.339 e. The van der Waals surface area contributed by atoms with Gasteiger partial charge in [-0.1, -0.05) is 30.0 Å². The monoisotopic (exact) mass is 290 g/mol. The van der Waals surface area contributed by atoms with E-state index in [-0.39, 0.29) is 5.56 Å². The molecule has 1 aromatic heterocycles. The normalized spacial score (nSPS) is 16.9. The Morgan fingerprint density at radius 2 is 2.10 bits per heavy atom. The van der Waals surface area contributed by atoms with Crippen molar-refractivity contribution in [2.45, 2.75) is 11.3 Å². The zero-order valence-corrected chi connectivity index (χ0v) is 11.2. The predicted octanol–water partition coefficient (Wildman–Crippen LogP) is 1.46. The number of thioether (sulfide) groups is 1. The predicted molar refractivity (Wildman–Crippen MR) is 72.0 cm³/mol. The van der Waals surface area contributed by atoms with Gasteiger partial charge in [-0.15, -0.1) is 0 Å². The Labute approximate surface area is 117 Å². The van der Waals surface area contributed by atoms with Crippen LogP contribution in [0.25, 0.3) is 0 Å². The molecule has 102 valence electrons. The Hall–Kier alpha value is -2.28. The van der Waals surface area contributed by atoms with Gasteiger partial charge in [-0.25, -0.2) is 4.79 Å². The summed E-state index contributed by atoms with van der Waals surface area (Å²) >= 11 is 1.20. The Morgan fingerprint density at radius 1 is 1.35 bits per heavy atom. The molecule has 0 saturated heterocycles. The van der Waals surface area contributed by atoms with Crippen LogP contribution >= 0.6 is 11.8 Å². The fraction of sp³-hybridized carbons (Fsp3) is 0.154. The first-order chi connectivity index (χ1) is 9.61. The minimum Gasteiger partial charge on any atom is -0.493 e. The second-order valence-electron chi connectivity index (χ2n) is 4.19. The third-order valence-electron chi connectivity index (χ3n) is 3.06. The van der Waals surface area contributed by atoms with E-state index in [1.54, 1.807) is 30.5 Å². The number of carbonyl (C=O) groups is 1. The first-order valence-electron chi connectivity index (χ1n) is 5.79. The Kier molecular flexibility index (Phi) is 2.98. The van der Waals surface area contributed by atoms with Gasteiger partial charge < -0.3 is 14.8 Å². The Morgan fingerprint density at radius 3 is 2.80 bits per heavy atom. The minimum absolute atomic E-state index is 0.0545. The van der Waals surface area contributed by atoms with Gasteiger partial charge in [0.25, 0.3) is 5.56 Å². The van der Waals surface area contributed by atoms with Crippen molar-refractivity contribution in [2.24, 2.45) is 0 Å². The maximum atomic E-state index is 12.1. The summed E-state index contributed by atoms with van der Waals surface area (Å²) in [6.45, 7) is 0. The number of hydrogen-bond donors (Lipinski definition) is 2. The quantitative estimate of drug-likeness (QED) is 0.494. The lowest BCUT2D eigenvalue weighted by Crippen LogP contribution is -2.19. The van der Waals surface area contributed by atoms with Crippen LogP contribution in [0, 0.1) is 0 Å². The van der Waals surface area contributed by atoms with Gasteiger partial charge in [0.05, 0.1) is 5.56 Å². The third-order valence-corrected chi connectivity index (χ3v) is 3.64. The molecule has 0 fully saturated rings. The molecule has 2 N–H and O–H groups in total. The van der Waals surface area contributed by atoms with Crippen molar-refractivity contribution in [3.63, 3.8) is 0 Å². The van der Waals surface area contributed by atoms with Crippen LogP contribution in [0.3, 0.4) is 0 Å². The Balaban J connectivity index is 2.17. The summed E-state index contributed by atoms with van der Waals surface area (Å²) in [4.78, 5) is 30.2. The molecule has 7 heteroatoms. The van der Waals surface area contributed by atoms with Gasteiger partial charge >= 0.3 is 5.97 Å². The highest BCUT2D eigenvalue weighted by molar-refractivity contribution is 7.98. The first kappa shape index (κ1) is 12.7. The average molecular weight is 290 g/mol. The van der Waals surface area contributed by atoms with Crippen LogP contribution in [0.2, 0.25) is 0 Å². The number of nitrogens with zero attached hydrogens (tertiary/aromatic N) is 1. The summed E-state index contributed by atoms with van der Waals surface area (Å²) in [6, 6.07) is 6.75. The molecule has 0 radical (unpaired) electrons. The van der Waals surface area contributed by atoms with Gasteiger partial charge in [0.1, 0.15) is 5.56 Å². The molecule has 0 spiro atoms. The number of ether oxygens (including phenoxy) is 1. The average Bonchev–Trinajstić information content (AvgIpc) is 2.76. The van der Waals surface area contributed by atoms with Gasteiger partial charge in [0, 0.05) is 5.56 Å². The molecule has 3 rings (SSSR count). The van der Waals surface area contributed by atoms with E-state index >= 15 is 0 Å². The topological polar surface area (TPSA) is 92.3 Å². The van der Waals surface area contributed by atoms with E-state index in [4.69, 9.17) is 4.74 Å². The lowest BCUT2D eigenvalue weighted by atomic mass is 10.0. The number of rotatable bonds is 2. The van der Waals surface area contributed by atoms with Crippen LogP contribution < -0.4 is 5.56 Å². The van der Waals surface area contributed by atoms with E-state index in [1.807, 2.05) is 0 Å². The fourth-order valence-corrected chi connectivity index (χ4v) is 2.52. The molecule has 20 heavy (non-hydrogen) atoms. The molecule has 0 bridgehead atoms. The molecule has 1 atom stereocenters. The largest absolute Gasteiger partial charge is 0.493 e. The van der Waals surface area contributed by atoms with Gasteiger partial charge in [-0.2, -0.15) is 4.98 Å². The number of aromatic hydroxyl groups is 1. The van der Waals surface area contributed by atoms with Crippen LogP contribution in [-0.4, -0.2) is 27.3 Å². The van der Waals surface area contributed by atoms with Crippen molar-refractivity contribution in [1.29, 1.82) is 0 Å². The molecule has 2 aromatic rings. The number of esters is 1. The molecular weight excluding hydrogens is 280 g/mol. The van der Waals surface area contributed by atoms with Crippen LogP contribution in [0.15, 0.2) is 34.2 Å². The number of H-pyrrole nitrogens is 1. The van der Waals surface area contributed by atoms with E-state index in [2.05, 4.69) is 9.97 Å². The van der Waals surface area contributed by atoms with Crippen molar-refractivity contribution in [1.82, 2.24) is 9.97 Å². The van der Waals surface area contributed by atoms with Gasteiger partial charge in [0.2, 0.25) is 5.88 Å². The van der Waals surface area contributed by atoms with E-state index in [9.17, 15) is 14.7 Å². The van der Waals surface area contributed by atoms with Crippen molar-refractivity contribution in [3.8, 4) is 5.88 Å². The molecule has 0 aliphatic carbocycles. The highest BCUT2D eigenvalue weighted by atomic mass is 32.2. The van der Waals surface area contributed by atoms with Crippen molar-refractivity contribution < 1.29 is 14.6 Å². The lowest BCUT2D eigenvalue weighted by Gasteiger charge is -2.11.